The monoisotopic (exact) mass is 252 g/mol. The normalized spacial score (nSPS) is 11.7. The summed E-state index contributed by atoms with van der Waals surface area (Å²) in [5, 5.41) is 2.74. The minimum absolute atomic E-state index is 0.0284. The smallest absolute Gasteiger partial charge is 0.257 e. The highest BCUT2D eigenvalue weighted by Crippen LogP contribution is 2.25. The zero-order valence-electron chi connectivity index (χ0n) is 10.8. The first-order valence-electron chi connectivity index (χ1n) is 5.91. The molecule has 0 aliphatic rings. The van der Waals surface area contributed by atoms with E-state index in [1.807, 2.05) is 19.1 Å². The molecule has 5 nitrogen and oxygen atoms in total. The fraction of sp³-hybridized carbons (Fsp3) is 0.462. The Morgan fingerprint density at radius 3 is 2.67 bits per heavy atom. The molecule has 0 aromatic heterocycles. The molecule has 1 aromatic carbocycles. The lowest BCUT2D eigenvalue weighted by atomic mass is 10.2. The second kappa shape index (κ2) is 7.55. The van der Waals surface area contributed by atoms with Crippen LogP contribution in [0.2, 0.25) is 0 Å². The number of para-hydroxylation sites is 2. The van der Waals surface area contributed by atoms with Crippen LogP contribution in [0.15, 0.2) is 24.3 Å². The van der Waals surface area contributed by atoms with Gasteiger partial charge in [-0.05, 0) is 25.5 Å². The van der Waals surface area contributed by atoms with E-state index in [1.54, 1.807) is 19.2 Å². The van der Waals surface area contributed by atoms with Crippen molar-refractivity contribution in [1.29, 1.82) is 0 Å². The maximum atomic E-state index is 11.5. The summed E-state index contributed by atoms with van der Waals surface area (Å²) < 4.78 is 10.5. The van der Waals surface area contributed by atoms with Crippen LogP contribution >= 0.6 is 0 Å². The van der Waals surface area contributed by atoms with Gasteiger partial charge in [-0.1, -0.05) is 12.1 Å². The Labute approximate surface area is 107 Å². The molecule has 0 heterocycles. The summed E-state index contributed by atoms with van der Waals surface area (Å²) in [5.41, 5.74) is 5.58. The van der Waals surface area contributed by atoms with E-state index >= 15 is 0 Å². The zero-order chi connectivity index (χ0) is 13.4. The van der Waals surface area contributed by atoms with E-state index in [9.17, 15) is 4.79 Å². The van der Waals surface area contributed by atoms with Gasteiger partial charge >= 0.3 is 0 Å². The first kappa shape index (κ1) is 14.3. The van der Waals surface area contributed by atoms with Crippen LogP contribution in [-0.2, 0) is 4.79 Å². The number of nitrogens with one attached hydrogen (secondary N) is 1. The summed E-state index contributed by atoms with van der Waals surface area (Å²) in [6, 6.07) is 7.29. The largest absolute Gasteiger partial charge is 0.493 e. The molecule has 0 radical (unpaired) electrons. The van der Waals surface area contributed by atoms with Crippen LogP contribution in [-0.4, -0.2) is 32.2 Å². The molecule has 0 saturated carbocycles. The Morgan fingerprint density at radius 1 is 1.39 bits per heavy atom. The molecule has 1 aromatic rings. The van der Waals surface area contributed by atoms with Gasteiger partial charge in [-0.25, -0.2) is 0 Å². The molecular weight excluding hydrogens is 232 g/mol. The highest BCUT2D eigenvalue weighted by molar-refractivity contribution is 5.77. The topological polar surface area (TPSA) is 73.6 Å². The molecule has 1 unspecified atom stereocenters. The first-order chi connectivity index (χ1) is 8.63. The maximum absolute atomic E-state index is 11.5. The van der Waals surface area contributed by atoms with Crippen molar-refractivity contribution in [3.63, 3.8) is 0 Å². The lowest BCUT2D eigenvalue weighted by Gasteiger charge is -2.11. The lowest BCUT2D eigenvalue weighted by Crippen LogP contribution is -2.32. The number of rotatable bonds is 7. The molecule has 0 aliphatic carbocycles. The Balaban J connectivity index is 2.33. The van der Waals surface area contributed by atoms with E-state index < -0.39 is 0 Å². The SMILES string of the molecule is COc1ccccc1OCC(=O)NCCC(C)N. The van der Waals surface area contributed by atoms with Crippen molar-refractivity contribution in [2.45, 2.75) is 19.4 Å². The zero-order valence-corrected chi connectivity index (χ0v) is 10.8. The molecule has 1 atom stereocenters. The third kappa shape index (κ3) is 5.05. The van der Waals surface area contributed by atoms with E-state index in [0.29, 0.717) is 18.0 Å². The van der Waals surface area contributed by atoms with Crippen molar-refractivity contribution in [2.75, 3.05) is 20.3 Å². The number of carbonyl (C=O) groups excluding carboxylic acids is 1. The highest BCUT2D eigenvalue weighted by Gasteiger charge is 2.06. The maximum Gasteiger partial charge on any atom is 0.257 e. The lowest BCUT2D eigenvalue weighted by molar-refractivity contribution is -0.123. The Kier molecular flexibility index (Phi) is 6.00. The van der Waals surface area contributed by atoms with Crippen molar-refractivity contribution in [3.05, 3.63) is 24.3 Å². The standard InChI is InChI=1S/C13H20N2O3/c1-10(14)7-8-15-13(16)9-18-12-6-4-3-5-11(12)17-2/h3-6,10H,7-9,14H2,1-2H3,(H,15,16). The van der Waals surface area contributed by atoms with Crippen LogP contribution in [0, 0.1) is 0 Å². The predicted molar refractivity (Wildman–Crippen MR) is 69.8 cm³/mol. The van der Waals surface area contributed by atoms with Gasteiger partial charge in [0.2, 0.25) is 0 Å². The van der Waals surface area contributed by atoms with Gasteiger partial charge in [0.05, 0.1) is 7.11 Å². The molecule has 0 saturated heterocycles. The van der Waals surface area contributed by atoms with Crippen LogP contribution in [0.3, 0.4) is 0 Å². The fourth-order valence-corrected chi connectivity index (χ4v) is 1.37. The molecular formula is C13H20N2O3. The van der Waals surface area contributed by atoms with Gasteiger partial charge < -0.3 is 20.5 Å². The van der Waals surface area contributed by atoms with E-state index in [1.165, 1.54) is 0 Å². The van der Waals surface area contributed by atoms with Crippen LogP contribution in [0.4, 0.5) is 0 Å². The molecule has 1 rings (SSSR count). The van der Waals surface area contributed by atoms with Crippen LogP contribution in [0.5, 0.6) is 11.5 Å². The number of amides is 1. The number of ether oxygens (including phenoxy) is 2. The number of methoxy groups -OCH3 is 1. The van der Waals surface area contributed by atoms with Crippen LogP contribution in [0.1, 0.15) is 13.3 Å². The van der Waals surface area contributed by atoms with Gasteiger partial charge in [0.1, 0.15) is 0 Å². The highest BCUT2D eigenvalue weighted by atomic mass is 16.5. The quantitative estimate of drug-likeness (QED) is 0.757. The summed E-state index contributed by atoms with van der Waals surface area (Å²) in [5.74, 6) is 1.00. The number of nitrogens with two attached hydrogens (primary N) is 1. The van der Waals surface area contributed by atoms with Crippen molar-refractivity contribution >= 4 is 5.91 Å². The van der Waals surface area contributed by atoms with Gasteiger partial charge in [0, 0.05) is 12.6 Å². The summed E-state index contributed by atoms with van der Waals surface area (Å²) in [6.45, 7) is 2.43. The number of hydrogen-bond acceptors (Lipinski definition) is 4. The van der Waals surface area contributed by atoms with Crippen molar-refractivity contribution in [1.82, 2.24) is 5.32 Å². The summed E-state index contributed by atoms with van der Waals surface area (Å²) in [4.78, 5) is 11.5. The average molecular weight is 252 g/mol. The third-order valence-electron chi connectivity index (χ3n) is 2.35. The van der Waals surface area contributed by atoms with Gasteiger partial charge in [-0.15, -0.1) is 0 Å². The number of carbonyl (C=O) groups is 1. The Hall–Kier alpha value is -1.75. The van der Waals surface area contributed by atoms with Gasteiger partial charge in [-0.3, -0.25) is 4.79 Å². The molecule has 1 amide bonds. The second-order valence-electron chi connectivity index (χ2n) is 4.06. The minimum atomic E-state index is -0.165. The van der Waals surface area contributed by atoms with Crippen LogP contribution < -0.4 is 20.5 Å². The van der Waals surface area contributed by atoms with Crippen molar-refractivity contribution in [2.24, 2.45) is 5.73 Å². The molecule has 3 N–H and O–H groups in total. The molecule has 0 bridgehead atoms. The van der Waals surface area contributed by atoms with E-state index in [4.69, 9.17) is 15.2 Å². The average Bonchev–Trinajstić information content (AvgIpc) is 2.36. The summed E-state index contributed by atoms with van der Waals surface area (Å²) in [7, 11) is 1.56. The predicted octanol–water partition coefficient (Wildman–Crippen LogP) is 0.928. The van der Waals surface area contributed by atoms with E-state index in [-0.39, 0.29) is 18.6 Å². The Morgan fingerprint density at radius 2 is 2.06 bits per heavy atom. The van der Waals surface area contributed by atoms with Crippen LogP contribution in [0.25, 0.3) is 0 Å². The number of benzene rings is 1. The van der Waals surface area contributed by atoms with Gasteiger partial charge in [0.15, 0.2) is 18.1 Å². The fourth-order valence-electron chi connectivity index (χ4n) is 1.37. The number of hydrogen-bond donors (Lipinski definition) is 2. The summed E-state index contributed by atoms with van der Waals surface area (Å²) >= 11 is 0. The van der Waals surface area contributed by atoms with Crippen molar-refractivity contribution < 1.29 is 14.3 Å². The first-order valence-corrected chi connectivity index (χ1v) is 5.91. The van der Waals surface area contributed by atoms with Gasteiger partial charge in [0.25, 0.3) is 5.91 Å². The van der Waals surface area contributed by atoms with E-state index in [2.05, 4.69) is 5.32 Å². The summed E-state index contributed by atoms with van der Waals surface area (Å²) in [6.07, 6.45) is 0.750. The van der Waals surface area contributed by atoms with Gasteiger partial charge in [-0.2, -0.15) is 0 Å². The second-order valence-corrected chi connectivity index (χ2v) is 4.06. The molecule has 5 heteroatoms. The molecule has 0 fully saturated rings. The van der Waals surface area contributed by atoms with E-state index in [0.717, 1.165) is 6.42 Å². The third-order valence-corrected chi connectivity index (χ3v) is 2.35. The molecule has 0 spiro atoms. The molecule has 18 heavy (non-hydrogen) atoms. The van der Waals surface area contributed by atoms with Crippen molar-refractivity contribution in [3.8, 4) is 11.5 Å². The molecule has 100 valence electrons. The molecule has 0 aliphatic heterocycles. The minimum Gasteiger partial charge on any atom is -0.493 e. The Bertz CT molecular complexity index is 380.